The quantitative estimate of drug-likeness (QED) is 0.667. The maximum Gasteiger partial charge on any atom is 0.292 e. The van der Waals surface area contributed by atoms with Gasteiger partial charge in [-0.25, -0.2) is 0 Å². The van der Waals surface area contributed by atoms with Crippen molar-refractivity contribution in [2.24, 2.45) is 5.92 Å². The number of hydrogen-bond donors (Lipinski definition) is 1. The third kappa shape index (κ3) is 3.27. The van der Waals surface area contributed by atoms with Crippen molar-refractivity contribution in [3.05, 3.63) is 33.9 Å². The van der Waals surface area contributed by atoms with E-state index in [0.29, 0.717) is 11.3 Å². The largest absolute Gasteiger partial charge is 0.377 e. The molecule has 1 aliphatic carbocycles. The highest BCUT2D eigenvalue weighted by Gasteiger charge is 2.22. The van der Waals surface area contributed by atoms with Gasteiger partial charge in [-0.2, -0.15) is 5.26 Å². The zero-order valence-electron chi connectivity index (χ0n) is 11.6. The van der Waals surface area contributed by atoms with E-state index >= 15 is 0 Å². The van der Waals surface area contributed by atoms with Crippen LogP contribution >= 0.6 is 0 Å². The number of nitro groups is 1. The Kier molecular flexibility index (Phi) is 4.57. The third-order valence-electron chi connectivity index (χ3n) is 4.11. The predicted octanol–water partition coefficient (Wildman–Crippen LogP) is 3.85. The Hall–Kier alpha value is -2.09. The van der Waals surface area contributed by atoms with Crippen molar-refractivity contribution < 1.29 is 4.92 Å². The van der Waals surface area contributed by atoms with E-state index in [0.717, 1.165) is 18.8 Å². The second-order valence-corrected chi connectivity index (χ2v) is 5.37. The van der Waals surface area contributed by atoms with Crippen LogP contribution < -0.4 is 5.32 Å². The summed E-state index contributed by atoms with van der Waals surface area (Å²) in [5, 5.41) is 23.2. The molecule has 20 heavy (non-hydrogen) atoms. The maximum absolute atomic E-state index is 11.0. The van der Waals surface area contributed by atoms with E-state index in [1.165, 1.54) is 31.4 Å². The number of nitro benzene ring substituents is 1. The summed E-state index contributed by atoms with van der Waals surface area (Å²) in [5.41, 5.74) is 0.955. The van der Waals surface area contributed by atoms with E-state index in [2.05, 4.69) is 12.2 Å². The standard InChI is InChI=1S/C15H19N3O2/c1-2-11-3-6-13(7-4-11)17-14-9-12(10-16)5-8-15(14)18(19)20/h5,8-9,11,13,17H,2-4,6-7H2,1H3. The summed E-state index contributed by atoms with van der Waals surface area (Å²) >= 11 is 0. The summed E-state index contributed by atoms with van der Waals surface area (Å²) in [6.45, 7) is 2.21. The molecular weight excluding hydrogens is 254 g/mol. The Bertz CT molecular complexity index is 528. The normalized spacial score (nSPS) is 22.0. The lowest BCUT2D eigenvalue weighted by atomic mass is 9.84. The Morgan fingerprint density at radius 3 is 2.65 bits per heavy atom. The second kappa shape index (κ2) is 6.38. The van der Waals surface area contributed by atoms with E-state index < -0.39 is 4.92 Å². The first-order chi connectivity index (χ1) is 9.63. The van der Waals surface area contributed by atoms with Crippen molar-refractivity contribution in [3.8, 4) is 6.07 Å². The van der Waals surface area contributed by atoms with E-state index in [4.69, 9.17) is 5.26 Å². The highest BCUT2D eigenvalue weighted by atomic mass is 16.6. The van der Waals surface area contributed by atoms with Gasteiger partial charge in [-0.05, 0) is 43.7 Å². The van der Waals surface area contributed by atoms with Gasteiger partial charge in [0.25, 0.3) is 5.69 Å². The molecule has 1 fully saturated rings. The molecule has 1 aromatic carbocycles. The first-order valence-electron chi connectivity index (χ1n) is 7.09. The van der Waals surface area contributed by atoms with Crippen LogP contribution in [0.3, 0.4) is 0 Å². The van der Waals surface area contributed by atoms with Crippen molar-refractivity contribution in [3.63, 3.8) is 0 Å². The van der Waals surface area contributed by atoms with Gasteiger partial charge in [0.1, 0.15) is 5.69 Å². The SMILES string of the molecule is CCC1CCC(Nc2cc(C#N)ccc2[N+](=O)[O-])CC1. The van der Waals surface area contributed by atoms with Gasteiger partial charge >= 0.3 is 0 Å². The molecule has 1 aromatic rings. The smallest absolute Gasteiger partial charge is 0.292 e. The second-order valence-electron chi connectivity index (χ2n) is 5.37. The Morgan fingerprint density at radius 2 is 2.10 bits per heavy atom. The first-order valence-corrected chi connectivity index (χ1v) is 7.09. The monoisotopic (exact) mass is 273 g/mol. The molecule has 0 saturated heterocycles. The van der Waals surface area contributed by atoms with Gasteiger partial charge in [0.15, 0.2) is 0 Å². The van der Waals surface area contributed by atoms with E-state index in [1.807, 2.05) is 6.07 Å². The molecule has 0 aliphatic heterocycles. The Morgan fingerprint density at radius 1 is 1.40 bits per heavy atom. The van der Waals surface area contributed by atoms with Crippen molar-refractivity contribution >= 4 is 11.4 Å². The Balaban J connectivity index is 2.12. The molecule has 5 nitrogen and oxygen atoms in total. The maximum atomic E-state index is 11.0. The zero-order chi connectivity index (χ0) is 14.5. The number of benzene rings is 1. The Labute approximate surface area is 118 Å². The number of rotatable bonds is 4. The number of anilines is 1. The van der Waals surface area contributed by atoms with Crippen LogP contribution in [0.25, 0.3) is 0 Å². The van der Waals surface area contributed by atoms with Gasteiger partial charge in [0.05, 0.1) is 16.6 Å². The topological polar surface area (TPSA) is 79.0 Å². The lowest BCUT2D eigenvalue weighted by Gasteiger charge is -2.29. The van der Waals surface area contributed by atoms with Crippen molar-refractivity contribution in [1.82, 2.24) is 0 Å². The fourth-order valence-electron chi connectivity index (χ4n) is 2.82. The van der Waals surface area contributed by atoms with E-state index in [9.17, 15) is 10.1 Å². The van der Waals surface area contributed by atoms with Crippen molar-refractivity contribution in [2.45, 2.75) is 45.1 Å². The van der Waals surface area contributed by atoms with Crippen LogP contribution in [0.4, 0.5) is 11.4 Å². The van der Waals surface area contributed by atoms with Gasteiger partial charge in [0.2, 0.25) is 0 Å². The fourth-order valence-corrected chi connectivity index (χ4v) is 2.82. The summed E-state index contributed by atoms with van der Waals surface area (Å²) in [4.78, 5) is 10.6. The molecule has 0 aromatic heterocycles. The van der Waals surface area contributed by atoms with Crippen LogP contribution in [-0.2, 0) is 0 Å². The minimum atomic E-state index is -0.402. The van der Waals surface area contributed by atoms with E-state index in [-0.39, 0.29) is 11.7 Å². The van der Waals surface area contributed by atoms with Crippen molar-refractivity contribution in [1.29, 1.82) is 5.26 Å². The molecule has 0 atom stereocenters. The summed E-state index contributed by atoms with van der Waals surface area (Å²) in [6.07, 6.45) is 5.61. The number of nitrogens with one attached hydrogen (secondary N) is 1. The summed E-state index contributed by atoms with van der Waals surface area (Å²) < 4.78 is 0. The van der Waals surface area contributed by atoms with Gasteiger partial charge in [-0.15, -0.1) is 0 Å². The zero-order valence-corrected chi connectivity index (χ0v) is 11.6. The highest BCUT2D eigenvalue weighted by Crippen LogP contribution is 2.31. The molecule has 0 bridgehead atoms. The van der Waals surface area contributed by atoms with Crippen LogP contribution in [0.1, 0.15) is 44.6 Å². The molecule has 0 spiro atoms. The minimum Gasteiger partial charge on any atom is -0.377 e. The van der Waals surface area contributed by atoms with Gasteiger partial charge < -0.3 is 5.32 Å². The van der Waals surface area contributed by atoms with E-state index in [1.54, 1.807) is 6.07 Å². The number of hydrogen-bond acceptors (Lipinski definition) is 4. The molecule has 1 N–H and O–H groups in total. The molecular formula is C15H19N3O2. The van der Waals surface area contributed by atoms with Crippen LogP contribution in [-0.4, -0.2) is 11.0 Å². The van der Waals surface area contributed by atoms with Gasteiger partial charge in [-0.3, -0.25) is 10.1 Å². The molecule has 0 amide bonds. The third-order valence-corrected chi connectivity index (χ3v) is 4.11. The fraction of sp³-hybridized carbons (Fsp3) is 0.533. The summed E-state index contributed by atoms with van der Waals surface area (Å²) in [6, 6.07) is 6.75. The molecule has 5 heteroatoms. The molecule has 1 saturated carbocycles. The lowest BCUT2D eigenvalue weighted by molar-refractivity contribution is -0.384. The minimum absolute atomic E-state index is 0.0432. The molecule has 1 aliphatic rings. The average molecular weight is 273 g/mol. The predicted molar refractivity (Wildman–Crippen MR) is 77.5 cm³/mol. The van der Waals surface area contributed by atoms with Crippen LogP contribution in [0.2, 0.25) is 0 Å². The number of nitriles is 1. The average Bonchev–Trinajstić information content (AvgIpc) is 2.47. The first kappa shape index (κ1) is 14.3. The highest BCUT2D eigenvalue weighted by molar-refractivity contribution is 5.64. The van der Waals surface area contributed by atoms with Crippen molar-refractivity contribution in [2.75, 3.05) is 5.32 Å². The summed E-state index contributed by atoms with van der Waals surface area (Å²) in [5.74, 6) is 0.786. The molecule has 0 heterocycles. The lowest BCUT2D eigenvalue weighted by Crippen LogP contribution is -2.26. The number of nitrogens with zero attached hydrogens (tertiary/aromatic N) is 2. The molecule has 0 unspecified atom stereocenters. The molecule has 0 radical (unpaired) electrons. The molecule has 2 rings (SSSR count). The van der Waals surface area contributed by atoms with Crippen LogP contribution in [0, 0.1) is 27.4 Å². The van der Waals surface area contributed by atoms with Crippen LogP contribution in [0.5, 0.6) is 0 Å². The van der Waals surface area contributed by atoms with Gasteiger partial charge in [-0.1, -0.05) is 13.3 Å². The summed E-state index contributed by atoms with van der Waals surface area (Å²) in [7, 11) is 0. The van der Waals surface area contributed by atoms with Crippen LogP contribution in [0.15, 0.2) is 18.2 Å². The van der Waals surface area contributed by atoms with Gasteiger partial charge in [0, 0.05) is 12.1 Å². The molecule has 106 valence electrons.